The van der Waals surface area contributed by atoms with Gasteiger partial charge >= 0.3 is 6.18 Å². The predicted octanol–water partition coefficient (Wildman–Crippen LogP) is 4.72. The van der Waals surface area contributed by atoms with Crippen molar-refractivity contribution >= 4 is 27.3 Å². The molecule has 0 aliphatic rings. The van der Waals surface area contributed by atoms with Crippen molar-refractivity contribution in [3.8, 4) is 10.6 Å². The molecule has 0 unspecified atom stereocenters. The van der Waals surface area contributed by atoms with Gasteiger partial charge < -0.3 is 0 Å². The van der Waals surface area contributed by atoms with Crippen LogP contribution in [0.3, 0.4) is 0 Å². The molecule has 0 spiro atoms. The number of hydrogen-bond acceptors (Lipinski definition) is 2. The van der Waals surface area contributed by atoms with Crippen molar-refractivity contribution in [2.45, 2.75) is 11.5 Å². The first kappa shape index (κ1) is 12.6. The highest BCUT2D eigenvalue weighted by atomic mass is 79.9. The number of thiazole rings is 1. The Morgan fingerprint density at radius 3 is 2.29 bits per heavy atom. The average molecular weight is 322 g/mol. The number of alkyl halides is 4. The van der Waals surface area contributed by atoms with Gasteiger partial charge in [0.25, 0.3) is 0 Å². The highest BCUT2D eigenvalue weighted by molar-refractivity contribution is 9.08. The molecule has 0 bridgehead atoms. The van der Waals surface area contributed by atoms with E-state index in [4.69, 9.17) is 0 Å². The third-order valence-electron chi connectivity index (χ3n) is 2.15. The summed E-state index contributed by atoms with van der Waals surface area (Å²) >= 11 is 4.69. The van der Waals surface area contributed by atoms with E-state index in [2.05, 4.69) is 20.9 Å². The molecule has 1 nitrogen and oxygen atoms in total. The van der Waals surface area contributed by atoms with E-state index in [1.165, 1.54) is 23.5 Å². The predicted molar refractivity (Wildman–Crippen MR) is 65.2 cm³/mol. The lowest BCUT2D eigenvalue weighted by atomic mass is 10.1. The van der Waals surface area contributed by atoms with E-state index in [1.807, 2.05) is 5.38 Å². The fourth-order valence-corrected chi connectivity index (χ4v) is 2.63. The van der Waals surface area contributed by atoms with E-state index in [0.717, 1.165) is 22.8 Å². The number of aromatic nitrogens is 1. The maximum absolute atomic E-state index is 12.4. The van der Waals surface area contributed by atoms with Crippen molar-refractivity contribution < 1.29 is 13.2 Å². The average Bonchev–Trinajstić information content (AvgIpc) is 2.76. The smallest absolute Gasteiger partial charge is 0.240 e. The van der Waals surface area contributed by atoms with Crippen molar-refractivity contribution in [1.82, 2.24) is 4.98 Å². The van der Waals surface area contributed by atoms with Gasteiger partial charge in [-0.1, -0.05) is 28.1 Å². The van der Waals surface area contributed by atoms with Gasteiger partial charge in [0.2, 0.25) is 0 Å². The van der Waals surface area contributed by atoms with Gasteiger partial charge in [-0.15, -0.1) is 11.3 Å². The largest absolute Gasteiger partial charge is 0.416 e. The van der Waals surface area contributed by atoms with Crippen LogP contribution in [0.4, 0.5) is 13.2 Å². The van der Waals surface area contributed by atoms with Crippen LogP contribution >= 0.6 is 27.3 Å². The summed E-state index contributed by atoms with van der Waals surface area (Å²) in [5.74, 6) is 0. The molecule has 17 heavy (non-hydrogen) atoms. The summed E-state index contributed by atoms with van der Waals surface area (Å²) in [6.07, 6.45) is -4.29. The lowest BCUT2D eigenvalue weighted by Crippen LogP contribution is -2.03. The molecule has 0 amide bonds. The molecule has 0 N–H and O–H groups in total. The molecular formula is C11H7BrF3NS. The van der Waals surface area contributed by atoms with Crippen LogP contribution in [0.15, 0.2) is 29.6 Å². The zero-order valence-electron chi connectivity index (χ0n) is 8.46. The normalized spacial score (nSPS) is 11.8. The second kappa shape index (κ2) is 4.78. The standard InChI is InChI=1S/C11H7BrF3NS/c12-5-9-6-17-10(16-9)7-1-3-8(4-2-7)11(13,14)15/h1-4,6H,5H2. The maximum Gasteiger partial charge on any atom is 0.416 e. The van der Waals surface area contributed by atoms with Crippen molar-refractivity contribution in [3.63, 3.8) is 0 Å². The van der Waals surface area contributed by atoms with E-state index in [0.29, 0.717) is 10.9 Å². The fraction of sp³-hybridized carbons (Fsp3) is 0.182. The SMILES string of the molecule is FC(F)(F)c1ccc(-c2nc(CBr)cs2)cc1. The highest BCUT2D eigenvalue weighted by Crippen LogP contribution is 2.31. The van der Waals surface area contributed by atoms with Gasteiger partial charge in [-0.05, 0) is 12.1 Å². The molecule has 1 aromatic heterocycles. The van der Waals surface area contributed by atoms with Crippen LogP contribution in [0.25, 0.3) is 10.6 Å². The fourth-order valence-electron chi connectivity index (χ4n) is 1.30. The lowest BCUT2D eigenvalue weighted by Gasteiger charge is -2.06. The molecule has 90 valence electrons. The number of benzene rings is 1. The molecule has 1 aromatic carbocycles. The second-order valence-electron chi connectivity index (χ2n) is 3.35. The first-order valence-corrected chi connectivity index (χ1v) is 6.69. The Labute approximate surface area is 108 Å². The Morgan fingerprint density at radius 1 is 1.18 bits per heavy atom. The van der Waals surface area contributed by atoms with Crippen LogP contribution < -0.4 is 0 Å². The second-order valence-corrected chi connectivity index (χ2v) is 4.77. The number of halogens is 4. The van der Waals surface area contributed by atoms with Crippen LogP contribution in [-0.2, 0) is 11.5 Å². The summed E-state index contributed by atoms with van der Waals surface area (Å²) in [6, 6.07) is 5.04. The van der Waals surface area contributed by atoms with Gasteiger partial charge in [-0.3, -0.25) is 0 Å². The molecular weight excluding hydrogens is 315 g/mol. The van der Waals surface area contributed by atoms with Crippen molar-refractivity contribution in [3.05, 3.63) is 40.9 Å². The van der Waals surface area contributed by atoms with Crippen LogP contribution in [0.5, 0.6) is 0 Å². The van der Waals surface area contributed by atoms with E-state index in [1.54, 1.807) is 0 Å². The zero-order valence-corrected chi connectivity index (χ0v) is 10.9. The molecule has 0 aliphatic carbocycles. The van der Waals surface area contributed by atoms with E-state index in [9.17, 15) is 13.2 Å². The Kier molecular flexibility index (Phi) is 3.53. The van der Waals surface area contributed by atoms with Crippen LogP contribution in [0.1, 0.15) is 11.3 Å². The van der Waals surface area contributed by atoms with E-state index < -0.39 is 11.7 Å². The molecule has 1 heterocycles. The number of nitrogens with zero attached hydrogens (tertiary/aromatic N) is 1. The Morgan fingerprint density at radius 2 is 1.82 bits per heavy atom. The van der Waals surface area contributed by atoms with Crippen molar-refractivity contribution in [2.24, 2.45) is 0 Å². The highest BCUT2D eigenvalue weighted by Gasteiger charge is 2.30. The number of rotatable bonds is 2. The quantitative estimate of drug-likeness (QED) is 0.729. The molecule has 0 saturated carbocycles. The minimum absolute atomic E-state index is 0.640. The van der Waals surface area contributed by atoms with Gasteiger partial charge in [0.05, 0.1) is 11.3 Å². The van der Waals surface area contributed by atoms with Crippen LogP contribution in [0.2, 0.25) is 0 Å². The van der Waals surface area contributed by atoms with Gasteiger partial charge in [0, 0.05) is 16.3 Å². The summed E-state index contributed by atoms with van der Waals surface area (Å²) in [5, 5.41) is 3.25. The van der Waals surface area contributed by atoms with E-state index in [-0.39, 0.29) is 0 Å². The summed E-state index contributed by atoms with van der Waals surface area (Å²) in [4.78, 5) is 4.28. The van der Waals surface area contributed by atoms with Crippen molar-refractivity contribution in [2.75, 3.05) is 0 Å². The first-order valence-electron chi connectivity index (χ1n) is 4.68. The Balaban J connectivity index is 2.29. The zero-order chi connectivity index (χ0) is 12.5. The molecule has 0 radical (unpaired) electrons. The summed E-state index contributed by atoms with van der Waals surface area (Å²) < 4.78 is 37.1. The minimum atomic E-state index is -4.29. The summed E-state index contributed by atoms with van der Waals surface area (Å²) in [6.45, 7) is 0. The summed E-state index contributed by atoms with van der Waals surface area (Å²) in [7, 11) is 0. The van der Waals surface area contributed by atoms with Gasteiger partial charge in [-0.25, -0.2) is 4.98 Å². The van der Waals surface area contributed by atoms with E-state index >= 15 is 0 Å². The number of hydrogen-bond donors (Lipinski definition) is 0. The Hall–Kier alpha value is -0.880. The Bertz CT molecular complexity index is 504. The van der Waals surface area contributed by atoms with Gasteiger partial charge in [0.15, 0.2) is 0 Å². The van der Waals surface area contributed by atoms with Crippen LogP contribution in [0, 0.1) is 0 Å². The van der Waals surface area contributed by atoms with Crippen LogP contribution in [-0.4, -0.2) is 4.98 Å². The van der Waals surface area contributed by atoms with Crippen molar-refractivity contribution in [1.29, 1.82) is 0 Å². The third-order valence-corrected chi connectivity index (χ3v) is 3.66. The molecule has 2 rings (SSSR count). The molecule has 6 heteroatoms. The summed E-state index contributed by atoms with van der Waals surface area (Å²) in [5.41, 5.74) is 0.943. The minimum Gasteiger partial charge on any atom is -0.240 e. The monoisotopic (exact) mass is 321 g/mol. The molecule has 0 fully saturated rings. The topological polar surface area (TPSA) is 12.9 Å². The van der Waals surface area contributed by atoms with Gasteiger partial charge in [0.1, 0.15) is 5.01 Å². The molecule has 0 aliphatic heterocycles. The lowest BCUT2D eigenvalue weighted by molar-refractivity contribution is -0.137. The molecule has 2 aromatic rings. The first-order chi connectivity index (χ1) is 8.00. The van der Waals surface area contributed by atoms with Gasteiger partial charge in [-0.2, -0.15) is 13.2 Å². The third kappa shape index (κ3) is 2.87. The molecule has 0 atom stereocenters. The molecule has 0 saturated heterocycles. The maximum atomic E-state index is 12.4.